The van der Waals surface area contributed by atoms with Crippen LogP contribution in [-0.4, -0.2) is 28.3 Å². The highest BCUT2D eigenvalue weighted by Crippen LogP contribution is 2.06. The van der Waals surface area contributed by atoms with Crippen molar-refractivity contribution in [1.82, 2.24) is 9.78 Å². The van der Waals surface area contributed by atoms with Gasteiger partial charge in [-0.2, -0.15) is 5.10 Å². The van der Waals surface area contributed by atoms with E-state index in [2.05, 4.69) is 5.10 Å². The monoisotopic (exact) mass is 211 g/mol. The number of nitrogens with zero attached hydrogens (tertiary/aromatic N) is 2. The van der Waals surface area contributed by atoms with Crippen molar-refractivity contribution in [3.8, 4) is 0 Å². The maximum atomic E-state index is 11.4. The first-order chi connectivity index (χ1) is 7.10. The smallest absolute Gasteiger partial charge is 0.356 e. The Kier molecular flexibility index (Phi) is 3.43. The lowest BCUT2D eigenvalue weighted by Gasteiger charge is -2.02. The number of esters is 1. The average molecular weight is 211 g/mol. The van der Waals surface area contributed by atoms with Gasteiger partial charge in [-0.05, 0) is 13.8 Å². The van der Waals surface area contributed by atoms with E-state index in [-0.39, 0.29) is 18.0 Å². The summed E-state index contributed by atoms with van der Waals surface area (Å²) in [5.74, 6) is -1.16. The third-order valence-electron chi connectivity index (χ3n) is 1.82. The zero-order chi connectivity index (χ0) is 11.4. The van der Waals surface area contributed by atoms with Gasteiger partial charge in [0, 0.05) is 12.6 Å². The standard InChI is InChI=1S/C9H13N3O3/c1-3-12-7(9(14)15-4-2)5-6(11-12)8(10)13/h5H,3-4H2,1-2H3,(H2,10,13). The molecule has 1 aromatic rings. The molecule has 1 rings (SSSR count). The van der Waals surface area contributed by atoms with E-state index in [1.807, 2.05) is 0 Å². The summed E-state index contributed by atoms with van der Waals surface area (Å²) in [6.45, 7) is 4.26. The predicted molar refractivity (Wildman–Crippen MR) is 52.4 cm³/mol. The molecular formula is C9H13N3O3. The Morgan fingerprint density at radius 2 is 2.20 bits per heavy atom. The van der Waals surface area contributed by atoms with Crippen LogP contribution in [0, 0.1) is 0 Å². The highest BCUT2D eigenvalue weighted by Gasteiger charge is 2.17. The first-order valence-electron chi connectivity index (χ1n) is 4.64. The lowest BCUT2D eigenvalue weighted by Crippen LogP contribution is -2.13. The third-order valence-corrected chi connectivity index (χ3v) is 1.82. The maximum Gasteiger partial charge on any atom is 0.356 e. The highest BCUT2D eigenvalue weighted by atomic mass is 16.5. The molecule has 0 spiro atoms. The van der Waals surface area contributed by atoms with Gasteiger partial charge in [-0.1, -0.05) is 0 Å². The second-order valence-corrected chi connectivity index (χ2v) is 2.82. The molecule has 0 saturated heterocycles. The van der Waals surface area contributed by atoms with Crippen LogP contribution in [0.2, 0.25) is 0 Å². The van der Waals surface area contributed by atoms with Gasteiger partial charge in [0.1, 0.15) is 5.69 Å². The SMILES string of the molecule is CCOC(=O)c1cc(C(N)=O)nn1CC. The number of hydrogen-bond donors (Lipinski definition) is 1. The maximum absolute atomic E-state index is 11.4. The van der Waals surface area contributed by atoms with Crippen LogP contribution in [0.3, 0.4) is 0 Å². The molecule has 0 radical (unpaired) electrons. The van der Waals surface area contributed by atoms with Crippen LogP contribution < -0.4 is 5.73 Å². The number of primary amides is 1. The Labute approximate surface area is 87.0 Å². The van der Waals surface area contributed by atoms with Crippen molar-refractivity contribution in [3.63, 3.8) is 0 Å². The Balaban J connectivity index is 3.05. The summed E-state index contributed by atoms with van der Waals surface area (Å²) in [7, 11) is 0. The van der Waals surface area contributed by atoms with E-state index in [0.717, 1.165) is 0 Å². The molecule has 0 aliphatic rings. The minimum atomic E-state index is -0.659. The molecular weight excluding hydrogens is 198 g/mol. The van der Waals surface area contributed by atoms with E-state index < -0.39 is 11.9 Å². The van der Waals surface area contributed by atoms with Gasteiger partial charge in [0.05, 0.1) is 6.61 Å². The molecule has 6 heteroatoms. The van der Waals surface area contributed by atoms with Crippen LogP contribution in [-0.2, 0) is 11.3 Å². The van der Waals surface area contributed by atoms with Crippen LogP contribution in [0.15, 0.2) is 6.07 Å². The number of amides is 1. The molecule has 0 aliphatic heterocycles. The second kappa shape index (κ2) is 4.59. The quantitative estimate of drug-likeness (QED) is 0.719. The molecule has 1 aromatic heterocycles. The summed E-state index contributed by atoms with van der Waals surface area (Å²) in [6, 6.07) is 1.34. The Hall–Kier alpha value is -1.85. The lowest BCUT2D eigenvalue weighted by molar-refractivity contribution is 0.0512. The van der Waals surface area contributed by atoms with Gasteiger partial charge >= 0.3 is 5.97 Å². The number of nitrogens with two attached hydrogens (primary N) is 1. The zero-order valence-corrected chi connectivity index (χ0v) is 8.69. The first-order valence-corrected chi connectivity index (χ1v) is 4.64. The summed E-state index contributed by atoms with van der Waals surface area (Å²) >= 11 is 0. The number of aryl methyl sites for hydroxylation is 1. The molecule has 0 fully saturated rings. The normalized spacial score (nSPS) is 10.0. The number of aromatic nitrogens is 2. The van der Waals surface area contributed by atoms with E-state index in [1.54, 1.807) is 13.8 Å². The summed E-state index contributed by atoms with van der Waals surface area (Å²) in [4.78, 5) is 22.3. The summed E-state index contributed by atoms with van der Waals surface area (Å²) in [5, 5.41) is 3.87. The summed E-state index contributed by atoms with van der Waals surface area (Å²) < 4.78 is 6.20. The zero-order valence-electron chi connectivity index (χ0n) is 8.69. The van der Waals surface area contributed by atoms with Crippen molar-refractivity contribution in [1.29, 1.82) is 0 Å². The fourth-order valence-electron chi connectivity index (χ4n) is 1.15. The minimum absolute atomic E-state index is 0.0694. The van der Waals surface area contributed by atoms with Crippen molar-refractivity contribution in [3.05, 3.63) is 17.5 Å². The number of carbonyl (C=O) groups is 2. The number of ether oxygens (including phenoxy) is 1. The summed E-state index contributed by atoms with van der Waals surface area (Å²) in [5.41, 5.74) is 5.37. The average Bonchev–Trinajstić information content (AvgIpc) is 2.61. The fourth-order valence-corrected chi connectivity index (χ4v) is 1.15. The molecule has 1 heterocycles. The van der Waals surface area contributed by atoms with Crippen molar-refractivity contribution >= 4 is 11.9 Å². The van der Waals surface area contributed by atoms with E-state index in [0.29, 0.717) is 6.54 Å². The molecule has 0 atom stereocenters. The molecule has 0 unspecified atom stereocenters. The number of hydrogen-bond acceptors (Lipinski definition) is 4. The second-order valence-electron chi connectivity index (χ2n) is 2.82. The van der Waals surface area contributed by atoms with Gasteiger partial charge < -0.3 is 10.5 Å². The molecule has 2 N–H and O–H groups in total. The van der Waals surface area contributed by atoms with Gasteiger partial charge in [-0.15, -0.1) is 0 Å². The van der Waals surface area contributed by atoms with Crippen LogP contribution in [0.4, 0.5) is 0 Å². The number of carbonyl (C=O) groups excluding carboxylic acids is 2. The van der Waals surface area contributed by atoms with Gasteiger partial charge in [-0.3, -0.25) is 9.48 Å². The molecule has 0 saturated carbocycles. The lowest BCUT2D eigenvalue weighted by atomic mass is 10.3. The van der Waals surface area contributed by atoms with Gasteiger partial charge in [0.2, 0.25) is 0 Å². The Bertz CT molecular complexity index is 384. The van der Waals surface area contributed by atoms with E-state index in [9.17, 15) is 9.59 Å². The van der Waals surface area contributed by atoms with Gasteiger partial charge in [0.15, 0.2) is 5.69 Å². The predicted octanol–water partition coefficient (Wildman–Crippen LogP) is 0.179. The fraction of sp³-hybridized carbons (Fsp3) is 0.444. The molecule has 15 heavy (non-hydrogen) atoms. The largest absolute Gasteiger partial charge is 0.461 e. The van der Waals surface area contributed by atoms with E-state index >= 15 is 0 Å². The van der Waals surface area contributed by atoms with Gasteiger partial charge in [0.25, 0.3) is 5.91 Å². The van der Waals surface area contributed by atoms with Crippen LogP contribution >= 0.6 is 0 Å². The van der Waals surface area contributed by atoms with E-state index in [1.165, 1.54) is 10.7 Å². The summed E-state index contributed by atoms with van der Waals surface area (Å²) in [6.07, 6.45) is 0. The van der Waals surface area contributed by atoms with Crippen molar-refractivity contribution in [2.24, 2.45) is 5.73 Å². The highest BCUT2D eigenvalue weighted by molar-refractivity contribution is 5.95. The Morgan fingerprint density at radius 3 is 2.67 bits per heavy atom. The molecule has 0 bridgehead atoms. The van der Waals surface area contributed by atoms with Crippen molar-refractivity contribution in [2.75, 3.05) is 6.61 Å². The first kappa shape index (κ1) is 11.2. The number of rotatable bonds is 4. The van der Waals surface area contributed by atoms with Crippen LogP contribution in [0.1, 0.15) is 34.8 Å². The topological polar surface area (TPSA) is 87.2 Å². The molecule has 0 aromatic carbocycles. The Morgan fingerprint density at radius 1 is 1.53 bits per heavy atom. The van der Waals surface area contributed by atoms with Crippen LogP contribution in [0.5, 0.6) is 0 Å². The van der Waals surface area contributed by atoms with Crippen LogP contribution in [0.25, 0.3) is 0 Å². The molecule has 1 amide bonds. The molecule has 0 aliphatic carbocycles. The van der Waals surface area contributed by atoms with Gasteiger partial charge in [-0.25, -0.2) is 4.79 Å². The van der Waals surface area contributed by atoms with Crippen molar-refractivity contribution in [2.45, 2.75) is 20.4 Å². The minimum Gasteiger partial charge on any atom is -0.461 e. The molecule has 82 valence electrons. The van der Waals surface area contributed by atoms with E-state index in [4.69, 9.17) is 10.5 Å². The third kappa shape index (κ3) is 2.34. The van der Waals surface area contributed by atoms with Crippen molar-refractivity contribution < 1.29 is 14.3 Å². The molecule has 6 nitrogen and oxygen atoms in total.